The standard InChI is InChI=1S/C14H26N2O4/c1-6-14(7-2,19-10-5)13-15-11(20-16-13)12(17-8-3)18-9-4/h12H,6-10H2,1-5H3. The molecule has 0 fully saturated rings. The SMILES string of the molecule is CCOC(OCC)c1nc(C(CC)(CC)OCC)no1. The van der Waals surface area contributed by atoms with Crippen molar-refractivity contribution in [2.24, 2.45) is 0 Å². The average molecular weight is 286 g/mol. The number of hydrogen-bond donors (Lipinski definition) is 0. The highest BCUT2D eigenvalue weighted by atomic mass is 16.7. The monoisotopic (exact) mass is 286 g/mol. The molecule has 0 radical (unpaired) electrons. The summed E-state index contributed by atoms with van der Waals surface area (Å²) in [6.07, 6.45) is 0.952. The fourth-order valence-electron chi connectivity index (χ4n) is 2.12. The maximum Gasteiger partial charge on any atom is 0.283 e. The molecule has 1 heterocycles. The van der Waals surface area contributed by atoms with Gasteiger partial charge in [0.1, 0.15) is 5.60 Å². The summed E-state index contributed by atoms with van der Waals surface area (Å²) in [6, 6.07) is 0. The third-order valence-corrected chi connectivity index (χ3v) is 3.25. The van der Waals surface area contributed by atoms with Crippen molar-refractivity contribution in [3.63, 3.8) is 0 Å². The lowest BCUT2D eigenvalue weighted by Crippen LogP contribution is -2.30. The van der Waals surface area contributed by atoms with E-state index in [-0.39, 0.29) is 0 Å². The molecular weight excluding hydrogens is 260 g/mol. The Morgan fingerprint density at radius 2 is 1.60 bits per heavy atom. The van der Waals surface area contributed by atoms with Crippen LogP contribution < -0.4 is 0 Å². The van der Waals surface area contributed by atoms with Crippen LogP contribution in [0.5, 0.6) is 0 Å². The molecule has 0 aliphatic rings. The van der Waals surface area contributed by atoms with Gasteiger partial charge >= 0.3 is 0 Å². The molecule has 0 N–H and O–H groups in total. The molecule has 0 aliphatic heterocycles. The first-order valence-electron chi connectivity index (χ1n) is 7.38. The molecule has 0 amide bonds. The number of hydrogen-bond acceptors (Lipinski definition) is 6. The Labute approximate surface area is 120 Å². The molecule has 6 nitrogen and oxygen atoms in total. The summed E-state index contributed by atoms with van der Waals surface area (Å²) in [6.45, 7) is 11.5. The molecule has 0 unspecified atom stereocenters. The number of rotatable bonds is 10. The quantitative estimate of drug-likeness (QED) is 0.615. The molecule has 6 heteroatoms. The molecule has 116 valence electrons. The third-order valence-electron chi connectivity index (χ3n) is 3.25. The number of ether oxygens (including phenoxy) is 3. The van der Waals surface area contributed by atoms with Gasteiger partial charge in [0.05, 0.1) is 0 Å². The molecule has 0 saturated carbocycles. The zero-order valence-electron chi connectivity index (χ0n) is 13.1. The Kier molecular flexibility index (Phi) is 7.12. The van der Waals surface area contributed by atoms with Crippen LogP contribution >= 0.6 is 0 Å². The highest BCUT2D eigenvalue weighted by Gasteiger charge is 2.35. The van der Waals surface area contributed by atoms with Crippen molar-refractivity contribution in [1.82, 2.24) is 10.1 Å². The summed E-state index contributed by atoms with van der Waals surface area (Å²) in [5, 5.41) is 4.06. The molecule has 0 bridgehead atoms. The third kappa shape index (κ3) is 3.77. The van der Waals surface area contributed by atoms with Crippen molar-refractivity contribution >= 4 is 0 Å². The molecule has 1 aromatic rings. The Morgan fingerprint density at radius 1 is 1.00 bits per heavy atom. The van der Waals surface area contributed by atoms with Crippen LogP contribution in [-0.2, 0) is 19.8 Å². The van der Waals surface area contributed by atoms with Crippen LogP contribution in [0.4, 0.5) is 0 Å². The van der Waals surface area contributed by atoms with Gasteiger partial charge in [-0.05, 0) is 33.6 Å². The van der Waals surface area contributed by atoms with Crippen molar-refractivity contribution < 1.29 is 18.7 Å². The van der Waals surface area contributed by atoms with Crippen molar-refractivity contribution in [3.8, 4) is 0 Å². The van der Waals surface area contributed by atoms with E-state index in [1.165, 1.54) is 0 Å². The molecular formula is C14H26N2O4. The summed E-state index contributed by atoms with van der Waals surface area (Å²) in [5.41, 5.74) is -0.501. The predicted octanol–water partition coefficient (Wildman–Crippen LogP) is 3.19. The molecule has 0 atom stereocenters. The molecule has 0 aromatic carbocycles. The molecule has 0 aliphatic carbocycles. The Hall–Kier alpha value is -0.980. The lowest BCUT2D eigenvalue weighted by atomic mass is 9.96. The molecule has 20 heavy (non-hydrogen) atoms. The fourth-order valence-corrected chi connectivity index (χ4v) is 2.12. The zero-order chi connectivity index (χ0) is 15.0. The number of aromatic nitrogens is 2. The molecule has 1 rings (SSSR count). The van der Waals surface area contributed by atoms with Gasteiger partial charge in [-0.25, -0.2) is 0 Å². The van der Waals surface area contributed by atoms with Crippen molar-refractivity contribution in [2.45, 2.75) is 59.4 Å². The van der Waals surface area contributed by atoms with Crippen LogP contribution in [0.3, 0.4) is 0 Å². The van der Waals surface area contributed by atoms with Crippen LogP contribution in [-0.4, -0.2) is 30.0 Å². The molecule has 1 aromatic heterocycles. The van der Waals surface area contributed by atoms with E-state index in [2.05, 4.69) is 24.0 Å². The molecule has 0 saturated heterocycles. The lowest BCUT2D eigenvalue weighted by Gasteiger charge is -2.27. The minimum Gasteiger partial charge on any atom is -0.367 e. The first-order chi connectivity index (χ1) is 9.67. The van der Waals surface area contributed by atoms with Crippen molar-refractivity contribution in [1.29, 1.82) is 0 Å². The van der Waals surface area contributed by atoms with E-state index in [0.717, 1.165) is 12.8 Å². The minimum atomic E-state index is -0.612. The summed E-state index contributed by atoms with van der Waals surface area (Å²) >= 11 is 0. The second-order valence-electron chi connectivity index (χ2n) is 4.33. The fraction of sp³-hybridized carbons (Fsp3) is 0.857. The van der Waals surface area contributed by atoms with E-state index in [1.807, 2.05) is 20.8 Å². The van der Waals surface area contributed by atoms with E-state index in [1.54, 1.807) is 0 Å². The highest BCUT2D eigenvalue weighted by molar-refractivity contribution is 5.01. The van der Waals surface area contributed by atoms with Gasteiger partial charge < -0.3 is 18.7 Å². The summed E-state index contributed by atoms with van der Waals surface area (Å²) in [7, 11) is 0. The van der Waals surface area contributed by atoms with Crippen LogP contribution in [0.2, 0.25) is 0 Å². The first kappa shape index (κ1) is 17.1. The Morgan fingerprint density at radius 3 is 2.05 bits per heavy atom. The Balaban J connectivity index is 2.98. The van der Waals surface area contributed by atoms with Gasteiger partial charge in [0.15, 0.2) is 0 Å². The summed E-state index contributed by atoms with van der Waals surface area (Å²) in [5.74, 6) is 0.901. The van der Waals surface area contributed by atoms with E-state index in [9.17, 15) is 0 Å². The Bertz CT molecular complexity index is 371. The maximum absolute atomic E-state index is 5.86. The van der Waals surface area contributed by atoms with E-state index < -0.39 is 11.9 Å². The van der Waals surface area contributed by atoms with Crippen molar-refractivity contribution in [2.75, 3.05) is 19.8 Å². The van der Waals surface area contributed by atoms with Crippen LogP contribution in [0, 0.1) is 0 Å². The predicted molar refractivity (Wildman–Crippen MR) is 74.2 cm³/mol. The van der Waals surface area contributed by atoms with E-state index in [4.69, 9.17) is 18.7 Å². The second-order valence-corrected chi connectivity index (χ2v) is 4.33. The van der Waals surface area contributed by atoms with Gasteiger partial charge in [-0.1, -0.05) is 19.0 Å². The van der Waals surface area contributed by atoms with Gasteiger partial charge in [0.2, 0.25) is 12.1 Å². The molecule has 0 spiro atoms. The normalized spacial score (nSPS) is 12.3. The van der Waals surface area contributed by atoms with E-state index >= 15 is 0 Å². The lowest BCUT2D eigenvalue weighted by molar-refractivity contribution is -0.155. The van der Waals surface area contributed by atoms with Gasteiger partial charge in [-0.3, -0.25) is 0 Å². The zero-order valence-corrected chi connectivity index (χ0v) is 13.1. The number of nitrogens with zero attached hydrogens (tertiary/aromatic N) is 2. The smallest absolute Gasteiger partial charge is 0.283 e. The highest BCUT2D eigenvalue weighted by Crippen LogP contribution is 2.32. The summed E-state index contributed by atoms with van der Waals surface area (Å²) in [4.78, 5) is 4.43. The van der Waals surface area contributed by atoms with E-state index in [0.29, 0.717) is 31.5 Å². The first-order valence-corrected chi connectivity index (χ1v) is 7.38. The topological polar surface area (TPSA) is 66.6 Å². The largest absolute Gasteiger partial charge is 0.367 e. The van der Waals surface area contributed by atoms with Gasteiger partial charge in [-0.2, -0.15) is 4.98 Å². The van der Waals surface area contributed by atoms with Gasteiger partial charge in [0.25, 0.3) is 5.89 Å². The average Bonchev–Trinajstić information content (AvgIpc) is 2.95. The maximum atomic E-state index is 5.86. The van der Waals surface area contributed by atoms with Gasteiger partial charge in [-0.15, -0.1) is 0 Å². The summed E-state index contributed by atoms with van der Waals surface area (Å²) < 4.78 is 22.1. The van der Waals surface area contributed by atoms with Crippen molar-refractivity contribution in [3.05, 3.63) is 11.7 Å². The van der Waals surface area contributed by atoms with Crippen LogP contribution in [0.25, 0.3) is 0 Å². The van der Waals surface area contributed by atoms with Crippen LogP contribution in [0.15, 0.2) is 4.52 Å². The van der Waals surface area contributed by atoms with Gasteiger partial charge in [0, 0.05) is 19.8 Å². The van der Waals surface area contributed by atoms with Crippen LogP contribution in [0.1, 0.15) is 65.5 Å². The second kappa shape index (κ2) is 8.34. The minimum absolute atomic E-state index is 0.342.